The molecule has 1 fully saturated rings. The lowest BCUT2D eigenvalue weighted by molar-refractivity contribution is -0.134. The maximum absolute atomic E-state index is 13.5. The highest BCUT2D eigenvalue weighted by Gasteiger charge is 2.24. The van der Waals surface area contributed by atoms with Gasteiger partial charge in [0.25, 0.3) is 5.91 Å². The SMILES string of the molecule is Cl.NCC1CCCCN1C(=O)CCCNC(=O)c1ccc(F)cc1F. The molecule has 0 radical (unpaired) electrons. The smallest absolute Gasteiger partial charge is 0.254 e. The fourth-order valence-electron chi connectivity index (χ4n) is 2.93. The molecule has 1 heterocycles. The standard InChI is InChI=1S/C17H23F2N3O2.ClH/c18-12-6-7-14(15(19)10-12)17(24)21-8-3-5-16(23)22-9-2-1-4-13(22)11-20;/h6-7,10,13H,1-5,8-9,11,20H2,(H,21,24);1H. The van der Waals surface area contributed by atoms with E-state index in [2.05, 4.69) is 5.32 Å². The van der Waals surface area contributed by atoms with Crippen molar-refractivity contribution in [1.82, 2.24) is 10.2 Å². The van der Waals surface area contributed by atoms with Crippen LogP contribution in [0.5, 0.6) is 0 Å². The molecule has 1 aliphatic heterocycles. The first kappa shape index (κ1) is 21.3. The maximum Gasteiger partial charge on any atom is 0.254 e. The molecular formula is C17H24ClF2N3O2. The van der Waals surface area contributed by atoms with Crippen LogP contribution in [0.3, 0.4) is 0 Å². The first-order valence-electron chi connectivity index (χ1n) is 8.25. The number of piperidine rings is 1. The van der Waals surface area contributed by atoms with Crippen molar-refractivity contribution in [3.63, 3.8) is 0 Å². The van der Waals surface area contributed by atoms with E-state index in [1.54, 1.807) is 0 Å². The summed E-state index contributed by atoms with van der Waals surface area (Å²) in [5, 5.41) is 2.55. The molecule has 1 aliphatic rings. The van der Waals surface area contributed by atoms with Crippen molar-refractivity contribution in [3.8, 4) is 0 Å². The van der Waals surface area contributed by atoms with Gasteiger partial charge in [0.15, 0.2) is 0 Å². The molecule has 1 aromatic carbocycles. The van der Waals surface area contributed by atoms with E-state index in [0.29, 0.717) is 25.5 Å². The van der Waals surface area contributed by atoms with Crippen molar-refractivity contribution in [2.24, 2.45) is 5.73 Å². The Labute approximate surface area is 152 Å². The molecule has 0 spiro atoms. The molecular weight excluding hydrogens is 352 g/mol. The molecule has 2 amide bonds. The Morgan fingerprint density at radius 1 is 1.28 bits per heavy atom. The highest BCUT2D eigenvalue weighted by atomic mass is 35.5. The second-order valence-electron chi connectivity index (χ2n) is 5.96. The third kappa shape index (κ3) is 5.93. The second kappa shape index (κ2) is 10.3. The van der Waals surface area contributed by atoms with Crippen molar-refractivity contribution in [2.75, 3.05) is 19.6 Å². The molecule has 1 unspecified atom stereocenters. The largest absolute Gasteiger partial charge is 0.352 e. The van der Waals surface area contributed by atoms with Crippen LogP contribution in [-0.2, 0) is 4.79 Å². The van der Waals surface area contributed by atoms with Gasteiger partial charge in [-0.05, 0) is 37.8 Å². The van der Waals surface area contributed by atoms with Crippen LogP contribution in [-0.4, -0.2) is 42.4 Å². The minimum absolute atomic E-state index is 0. The Balaban J connectivity index is 0.00000312. The number of hydrogen-bond acceptors (Lipinski definition) is 3. The number of halogens is 3. The summed E-state index contributed by atoms with van der Waals surface area (Å²) >= 11 is 0. The molecule has 1 atom stereocenters. The Morgan fingerprint density at radius 2 is 2.04 bits per heavy atom. The van der Waals surface area contributed by atoms with E-state index in [9.17, 15) is 18.4 Å². The minimum atomic E-state index is -0.900. The monoisotopic (exact) mass is 375 g/mol. The maximum atomic E-state index is 13.5. The van der Waals surface area contributed by atoms with Gasteiger partial charge in [0, 0.05) is 38.2 Å². The van der Waals surface area contributed by atoms with Crippen LogP contribution < -0.4 is 11.1 Å². The summed E-state index contributed by atoms with van der Waals surface area (Å²) in [5.41, 5.74) is 5.50. The van der Waals surface area contributed by atoms with Gasteiger partial charge in [-0.25, -0.2) is 8.78 Å². The molecule has 0 bridgehead atoms. The lowest BCUT2D eigenvalue weighted by Gasteiger charge is -2.35. The Hall–Kier alpha value is -1.73. The molecule has 0 aromatic heterocycles. The molecule has 5 nitrogen and oxygen atoms in total. The quantitative estimate of drug-likeness (QED) is 0.749. The summed E-state index contributed by atoms with van der Waals surface area (Å²) in [4.78, 5) is 25.9. The first-order valence-corrected chi connectivity index (χ1v) is 8.25. The number of benzene rings is 1. The normalized spacial score (nSPS) is 16.9. The van der Waals surface area contributed by atoms with E-state index in [1.807, 2.05) is 4.90 Å². The van der Waals surface area contributed by atoms with Crippen molar-refractivity contribution in [3.05, 3.63) is 35.4 Å². The third-order valence-corrected chi connectivity index (χ3v) is 4.25. The molecule has 1 saturated heterocycles. The Morgan fingerprint density at radius 3 is 2.72 bits per heavy atom. The summed E-state index contributed by atoms with van der Waals surface area (Å²) in [7, 11) is 0. The Bertz CT molecular complexity index is 601. The topological polar surface area (TPSA) is 75.4 Å². The fourth-order valence-corrected chi connectivity index (χ4v) is 2.93. The number of nitrogens with two attached hydrogens (primary N) is 1. The molecule has 1 aromatic rings. The van der Waals surface area contributed by atoms with Crippen LogP contribution in [0.1, 0.15) is 42.5 Å². The zero-order valence-electron chi connectivity index (χ0n) is 14.0. The van der Waals surface area contributed by atoms with E-state index >= 15 is 0 Å². The molecule has 25 heavy (non-hydrogen) atoms. The van der Waals surface area contributed by atoms with E-state index in [0.717, 1.165) is 37.9 Å². The number of rotatable bonds is 6. The molecule has 0 aliphatic carbocycles. The summed E-state index contributed by atoms with van der Waals surface area (Å²) in [6, 6.07) is 2.91. The van der Waals surface area contributed by atoms with Gasteiger partial charge in [-0.3, -0.25) is 9.59 Å². The van der Waals surface area contributed by atoms with E-state index in [-0.39, 0.29) is 36.5 Å². The summed E-state index contributed by atoms with van der Waals surface area (Å²) < 4.78 is 26.3. The highest BCUT2D eigenvalue weighted by Crippen LogP contribution is 2.17. The van der Waals surface area contributed by atoms with Crippen LogP contribution in [0.2, 0.25) is 0 Å². The Kier molecular flexibility index (Phi) is 8.78. The lowest BCUT2D eigenvalue weighted by atomic mass is 10.0. The van der Waals surface area contributed by atoms with Crippen molar-refractivity contribution < 1.29 is 18.4 Å². The van der Waals surface area contributed by atoms with Gasteiger partial charge in [-0.2, -0.15) is 0 Å². The van der Waals surface area contributed by atoms with Crippen molar-refractivity contribution >= 4 is 24.2 Å². The lowest BCUT2D eigenvalue weighted by Crippen LogP contribution is -2.47. The predicted octanol–water partition coefficient (Wildman–Crippen LogP) is 2.24. The van der Waals surface area contributed by atoms with Crippen LogP contribution >= 0.6 is 12.4 Å². The van der Waals surface area contributed by atoms with E-state index in [4.69, 9.17) is 5.73 Å². The van der Waals surface area contributed by atoms with Crippen molar-refractivity contribution in [1.29, 1.82) is 0 Å². The number of carbonyl (C=O) groups is 2. The summed E-state index contributed by atoms with van der Waals surface area (Å²) in [6.07, 6.45) is 3.78. The van der Waals surface area contributed by atoms with Gasteiger partial charge in [0.05, 0.1) is 5.56 Å². The van der Waals surface area contributed by atoms with E-state index < -0.39 is 17.5 Å². The van der Waals surface area contributed by atoms with E-state index in [1.165, 1.54) is 0 Å². The average molecular weight is 376 g/mol. The summed E-state index contributed by atoms with van der Waals surface area (Å²) in [5.74, 6) is -2.21. The zero-order valence-corrected chi connectivity index (χ0v) is 14.8. The number of hydrogen-bond donors (Lipinski definition) is 2. The van der Waals surface area contributed by atoms with Gasteiger partial charge in [0.1, 0.15) is 11.6 Å². The number of nitrogens with zero attached hydrogens (tertiary/aromatic N) is 1. The highest BCUT2D eigenvalue weighted by molar-refractivity contribution is 5.94. The zero-order chi connectivity index (χ0) is 17.5. The number of likely N-dealkylation sites (tertiary alicyclic amines) is 1. The van der Waals surface area contributed by atoms with Crippen molar-refractivity contribution in [2.45, 2.75) is 38.1 Å². The van der Waals surface area contributed by atoms with Gasteiger partial charge in [0.2, 0.25) is 5.91 Å². The number of nitrogens with one attached hydrogen (secondary N) is 1. The fraction of sp³-hybridized carbons (Fsp3) is 0.529. The molecule has 8 heteroatoms. The average Bonchev–Trinajstić information content (AvgIpc) is 2.58. The van der Waals surface area contributed by atoms with Crippen LogP contribution in [0, 0.1) is 11.6 Å². The number of carbonyl (C=O) groups excluding carboxylic acids is 2. The van der Waals surface area contributed by atoms with Gasteiger partial charge >= 0.3 is 0 Å². The summed E-state index contributed by atoms with van der Waals surface area (Å²) in [6.45, 7) is 1.45. The van der Waals surface area contributed by atoms with Crippen LogP contribution in [0.15, 0.2) is 18.2 Å². The molecule has 140 valence electrons. The predicted molar refractivity (Wildman–Crippen MR) is 93.6 cm³/mol. The number of amides is 2. The second-order valence-corrected chi connectivity index (χ2v) is 5.96. The van der Waals surface area contributed by atoms with Gasteiger partial charge in [-0.1, -0.05) is 0 Å². The molecule has 0 saturated carbocycles. The third-order valence-electron chi connectivity index (χ3n) is 4.25. The molecule has 3 N–H and O–H groups in total. The first-order chi connectivity index (χ1) is 11.5. The van der Waals surface area contributed by atoms with Crippen LogP contribution in [0.25, 0.3) is 0 Å². The minimum Gasteiger partial charge on any atom is -0.352 e. The molecule has 2 rings (SSSR count). The van der Waals surface area contributed by atoms with Crippen LogP contribution in [0.4, 0.5) is 8.78 Å². The van der Waals surface area contributed by atoms with Gasteiger partial charge < -0.3 is 16.0 Å². The van der Waals surface area contributed by atoms with Gasteiger partial charge in [-0.15, -0.1) is 12.4 Å².